The Morgan fingerprint density at radius 1 is 0.571 bits per heavy atom. The molecule has 7 heteroatoms. The molecule has 10 aromatic rings. The lowest BCUT2D eigenvalue weighted by Crippen LogP contribution is -2.77. The van der Waals surface area contributed by atoms with E-state index in [1.165, 1.54) is 20.7 Å². The second-order valence-electron chi connectivity index (χ2n) is 14.3. The van der Waals surface area contributed by atoms with Gasteiger partial charge >= 0.3 is 0 Å². The number of fused-ring (bicyclic) bond motifs is 6. The number of benzene rings is 7. The molecule has 0 amide bonds. The summed E-state index contributed by atoms with van der Waals surface area (Å²) in [5.41, 5.74) is 6.73. The molecule has 0 saturated heterocycles. The third-order valence-electron chi connectivity index (χ3n) is 11.1. The average Bonchev–Trinajstić information content (AvgIpc) is 3.79. The van der Waals surface area contributed by atoms with E-state index in [2.05, 4.69) is 150 Å². The van der Waals surface area contributed by atoms with Crippen molar-refractivity contribution in [1.82, 2.24) is 14.5 Å². The van der Waals surface area contributed by atoms with Crippen LogP contribution in [0.2, 0.25) is 0 Å². The molecule has 0 radical (unpaired) electrons. The number of anilines is 3. The first-order valence-electron chi connectivity index (χ1n) is 18.8. The number of furan rings is 1. The zero-order valence-electron chi connectivity index (χ0n) is 30.5. The van der Waals surface area contributed by atoms with E-state index in [9.17, 15) is 0 Å². The summed E-state index contributed by atoms with van der Waals surface area (Å²) >= 11 is 0. The first kappa shape index (κ1) is 32.2. The van der Waals surface area contributed by atoms with Crippen LogP contribution in [0.15, 0.2) is 193 Å². The van der Waals surface area contributed by atoms with Crippen molar-refractivity contribution in [2.75, 3.05) is 4.90 Å². The summed E-state index contributed by atoms with van der Waals surface area (Å²) in [6.07, 6.45) is 1.90. The molecule has 0 bridgehead atoms. The van der Waals surface area contributed by atoms with Crippen molar-refractivity contribution in [2.45, 2.75) is 0 Å². The van der Waals surface area contributed by atoms with Crippen molar-refractivity contribution in [2.24, 2.45) is 7.05 Å². The molecule has 266 valence electrons. The van der Waals surface area contributed by atoms with Gasteiger partial charge in [-0.05, 0) is 75.3 Å². The number of pyridine rings is 1. The lowest BCUT2D eigenvalue weighted by Gasteiger charge is -2.44. The largest absolute Gasteiger partial charge is 0.457 e. The molecule has 4 heterocycles. The van der Waals surface area contributed by atoms with Crippen LogP contribution in [0.1, 0.15) is 0 Å². The highest BCUT2D eigenvalue weighted by molar-refractivity contribution is 7.21. The Kier molecular flexibility index (Phi) is 7.30. The van der Waals surface area contributed by atoms with Gasteiger partial charge in [0, 0.05) is 41.7 Å². The molecule has 56 heavy (non-hydrogen) atoms. The molecular formula is C49H34N4O2Si. The van der Waals surface area contributed by atoms with Crippen LogP contribution in [0.5, 0.6) is 11.5 Å². The van der Waals surface area contributed by atoms with Gasteiger partial charge in [0.25, 0.3) is 0 Å². The van der Waals surface area contributed by atoms with E-state index < -0.39 is 8.07 Å². The van der Waals surface area contributed by atoms with Crippen LogP contribution in [0, 0.1) is 0 Å². The minimum Gasteiger partial charge on any atom is -0.457 e. The van der Waals surface area contributed by atoms with Gasteiger partial charge in [-0.15, -0.1) is 0 Å². The number of aryl methyl sites for hydroxylation is 1. The zero-order valence-corrected chi connectivity index (χ0v) is 31.5. The zero-order chi connectivity index (χ0) is 37.2. The van der Waals surface area contributed by atoms with Crippen molar-refractivity contribution < 1.29 is 9.15 Å². The van der Waals surface area contributed by atoms with E-state index >= 15 is 0 Å². The van der Waals surface area contributed by atoms with Gasteiger partial charge in [-0.1, -0.05) is 115 Å². The second kappa shape index (κ2) is 12.7. The van der Waals surface area contributed by atoms with Crippen molar-refractivity contribution in [3.63, 3.8) is 0 Å². The van der Waals surface area contributed by atoms with E-state index in [4.69, 9.17) is 19.1 Å². The standard InChI is InChI=1S/C49H34N4O2Si/c1-52-42-25-10-9-24-41(42)51-48(52)33-15-12-17-35(29-33)54-36-18-13-16-34(30-36)53-43-32-45-40(39-23-8-11-26-44(39)55-45)31-47(43)56(37-19-4-2-5-20-37,38-21-6-3-7-22-38)46-27-14-28-50-49(46)53/h2-32H,1H3. The maximum Gasteiger partial charge on any atom is 0.186 e. The lowest BCUT2D eigenvalue weighted by atomic mass is 10.1. The number of hydrogen-bond donors (Lipinski definition) is 0. The molecule has 0 unspecified atom stereocenters. The van der Waals surface area contributed by atoms with Gasteiger partial charge in [0.1, 0.15) is 34.3 Å². The van der Waals surface area contributed by atoms with Gasteiger partial charge in [-0.25, -0.2) is 9.97 Å². The minimum absolute atomic E-state index is 0.716. The summed E-state index contributed by atoms with van der Waals surface area (Å²) in [6, 6.07) is 64.0. The van der Waals surface area contributed by atoms with Gasteiger partial charge in [0.05, 0.1) is 22.4 Å². The van der Waals surface area contributed by atoms with Crippen LogP contribution in [-0.2, 0) is 7.05 Å². The molecule has 3 aromatic heterocycles. The number of aromatic nitrogens is 3. The molecule has 0 atom stereocenters. The SMILES string of the molecule is Cn1c(-c2cccc(Oc3cccc(N4c5cc6oc7ccccc7c6cc5[Si](c5ccccc5)(c5ccccc5)c5cccnc54)c3)c2)nc2ccccc21. The Morgan fingerprint density at radius 2 is 1.29 bits per heavy atom. The molecule has 0 saturated carbocycles. The molecule has 1 aliphatic rings. The highest BCUT2D eigenvalue weighted by atomic mass is 28.3. The van der Waals surface area contributed by atoms with E-state index in [1.54, 1.807) is 0 Å². The summed E-state index contributed by atoms with van der Waals surface area (Å²) in [5, 5.41) is 7.30. The Morgan fingerprint density at radius 3 is 2.09 bits per heavy atom. The number of rotatable bonds is 6. The van der Waals surface area contributed by atoms with E-state index in [0.717, 1.165) is 67.3 Å². The molecule has 11 rings (SSSR count). The monoisotopic (exact) mass is 738 g/mol. The van der Waals surface area contributed by atoms with Crippen LogP contribution in [0.4, 0.5) is 17.2 Å². The van der Waals surface area contributed by atoms with Crippen LogP contribution in [0.3, 0.4) is 0 Å². The summed E-state index contributed by atoms with van der Waals surface area (Å²) in [4.78, 5) is 12.4. The Hall–Kier alpha value is -7.22. The molecule has 0 aliphatic carbocycles. The normalized spacial score (nSPS) is 13.2. The topological polar surface area (TPSA) is 56.3 Å². The minimum atomic E-state index is -2.94. The van der Waals surface area contributed by atoms with E-state index in [1.807, 2.05) is 54.7 Å². The Balaban J connectivity index is 1.10. The van der Waals surface area contributed by atoms with E-state index in [0.29, 0.717) is 5.75 Å². The molecular weight excluding hydrogens is 705 g/mol. The summed E-state index contributed by atoms with van der Waals surface area (Å²) in [6.45, 7) is 0. The number of hydrogen-bond acceptors (Lipinski definition) is 5. The predicted octanol–water partition coefficient (Wildman–Crippen LogP) is 9.49. The van der Waals surface area contributed by atoms with Gasteiger partial charge in [0.15, 0.2) is 8.07 Å². The van der Waals surface area contributed by atoms with Crippen LogP contribution in [-0.4, -0.2) is 22.6 Å². The number of para-hydroxylation sites is 3. The number of nitrogens with zero attached hydrogens (tertiary/aromatic N) is 4. The van der Waals surface area contributed by atoms with E-state index in [-0.39, 0.29) is 0 Å². The molecule has 7 aromatic carbocycles. The number of imidazole rings is 1. The van der Waals surface area contributed by atoms with Crippen LogP contribution in [0.25, 0.3) is 44.4 Å². The fourth-order valence-electron chi connectivity index (χ4n) is 8.72. The maximum absolute atomic E-state index is 6.66. The third-order valence-corrected chi connectivity index (χ3v) is 16.0. The first-order valence-corrected chi connectivity index (χ1v) is 20.8. The number of ether oxygens (including phenoxy) is 1. The molecule has 0 fully saturated rings. The maximum atomic E-state index is 6.66. The fourth-order valence-corrected chi connectivity index (χ4v) is 13.8. The average molecular weight is 739 g/mol. The van der Waals surface area contributed by atoms with Crippen molar-refractivity contribution in [3.05, 3.63) is 188 Å². The first-order chi connectivity index (χ1) is 27.7. The van der Waals surface area contributed by atoms with Gasteiger partial charge in [-0.3, -0.25) is 4.90 Å². The Labute approximate surface area is 324 Å². The highest BCUT2D eigenvalue weighted by Crippen LogP contribution is 2.42. The summed E-state index contributed by atoms with van der Waals surface area (Å²) < 4.78 is 15.4. The molecule has 1 aliphatic heterocycles. The Bertz CT molecular complexity index is 3060. The van der Waals surface area contributed by atoms with Crippen molar-refractivity contribution >= 4 is 79.0 Å². The predicted molar refractivity (Wildman–Crippen MR) is 230 cm³/mol. The molecule has 0 N–H and O–H groups in total. The summed E-state index contributed by atoms with van der Waals surface area (Å²) in [5.74, 6) is 3.23. The summed E-state index contributed by atoms with van der Waals surface area (Å²) in [7, 11) is -0.892. The van der Waals surface area contributed by atoms with Gasteiger partial charge in [0.2, 0.25) is 0 Å². The second-order valence-corrected chi connectivity index (χ2v) is 18.0. The van der Waals surface area contributed by atoms with Crippen LogP contribution < -0.4 is 30.4 Å². The van der Waals surface area contributed by atoms with Crippen molar-refractivity contribution in [3.8, 4) is 22.9 Å². The molecule has 6 nitrogen and oxygen atoms in total. The van der Waals surface area contributed by atoms with Crippen molar-refractivity contribution in [1.29, 1.82) is 0 Å². The lowest BCUT2D eigenvalue weighted by molar-refractivity contribution is 0.483. The van der Waals surface area contributed by atoms with Gasteiger partial charge < -0.3 is 13.7 Å². The van der Waals surface area contributed by atoms with Gasteiger partial charge in [-0.2, -0.15) is 0 Å². The highest BCUT2D eigenvalue weighted by Gasteiger charge is 2.50. The third kappa shape index (κ3) is 4.88. The van der Waals surface area contributed by atoms with Crippen LogP contribution >= 0.6 is 0 Å². The fraction of sp³-hybridized carbons (Fsp3) is 0.0204. The quantitative estimate of drug-likeness (QED) is 0.159. The smallest absolute Gasteiger partial charge is 0.186 e. The molecule has 0 spiro atoms.